The topological polar surface area (TPSA) is 24.9 Å². The maximum Gasteiger partial charge on any atom is 0.141 e. The lowest BCUT2D eigenvalue weighted by Gasteiger charge is -2.06. The van der Waals surface area contributed by atoms with Crippen molar-refractivity contribution in [3.05, 3.63) is 59.7 Å². The lowest BCUT2D eigenvalue weighted by Crippen LogP contribution is -2.00. The van der Waals surface area contributed by atoms with Crippen LogP contribution in [0.4, 0.5) is 10.1 Å². The lowest BCUT2D eigenvalue weighted by molar-refractivity contribution is 0.619. The summed E-state index contributed by atoms with van der Waals surface area (Å²) in [6.07, 6.45) is 2.84. The molecular weight excluding hydrogens is 239 g/mol. The van der Waals surface area contributed by atoms with Gasteiger partial charge in [-0.25, -0.2) is 4.39 Å². The molecule has 0 fully saturated rings. The van der Waals surface area contributed by atoms with E-state index in [1.807, 2.05) is 24.3 Å². The van der Waals surface area contributed by atoms with Crippen LogP contribution in [-0.2, 0) is 12.4 Å². The van der Waals surface area contributed by atoms with Gasteiger partial charge >= 0.3 is 0 Å². The Kier molecular flexibility index (Phi) is 3.94. The largest absolute Gasteiger partial charge is 0.381 e. The fourth-order valence-corrected chi connectivity index (χ4v) is 1.65. The zero-order valence-corrected chi connectivity index (χ0v) is 9.91. The Labute approximate surface area is 104 Å². The van der Waals surface area contributed by atoms with E-state index in [4.69, 9.17) is 11.6 Å². The quantitative estimate of drug-likeness (QED) is 0.839. The molecule has 1 aromatic heterocycles. The van der Waals surface area contributed by atoms with E-state index in [-0.39, 0.29) is 5.82 Å². The molecule has 0 bridgehead atoms. The van der Waals surface area contributed by atoms with Crippen LogP contribution in [0.5, 0.6) is 0 Å². The van der Waals surface area contributed by atoms with Crippen LogP contribution < -0.4 is 5.32 Å². The second kappa shape index (κ2) is 5.64. The molecule has 0 aliphatic carbocycles. The van der Waals surface area contributed by atoms with Crippen LogP contribution in [-0.4, -0.2) is 4.98 Å². The monoisotopic (exact) mass is 250 g/mol. The minimum atomic E-state index is -0.318. The van der Waals surface area contributed by atoms with Gasteiger partial charge < -0.3 is 5.32 Å². The SMILES string of the molecule is Fc1cncc(CNc2ccc(CCl)cc2)c1. The van der Waals surface area contributed by atoms with E-state index in [2.05, 4.69) is 10.3 Å². The molecule has 0 saturated heterocycles. The van der Waals surface area contributed by atoms with E-state index >= 15 is 0 Å². The molecule has 0 radical (unpaired) electrons. The molecule has 88 valence electrons. The number of aromatic nitrogens is 1. The summed E-state index contributed by atoms with van der Waals surface area (Å²) < 4.78 is 12.9. The van der Waals surface area contributed by atoms with Crippen molar-refractivity contribution >= 4 is 17.3 Å². The molecule has 0 amide bonds. The van der Waals surface area contributed by atoms with Crippen LogP contribution in [0.25, 0.3) is 0 Å². The summed E-state index contributed by atoms with van der Waals surface area (Å²) in [5, 5.41) is 3.19. The smallest absolute Gasteiger partial charge is 0.141 e. The molecule has 0 aliphatic heterocycles. The number of benzene rings is 1. The van der Waals surface area contributed by atoms with Gasteiger partial charge in [0.15, 0.2) is 0 Å². The first-order valence-electron chi connectivity index (χ1n) is 5.26. The summed E-state index contributed by atoms with van der Waals surface area (Å²) in [5.41, 5.74) is 2.86. The Morgan fingerprint density at radius 1 is 1.12 bits per heavy atom. The Morgan fingerprint density at radius 3 is 2.53 bits per heavy atom. The standard InChI is InChI=1S/C13H12ClFN2/c14-6-10-1-3-13(4-2-10)17-8-11-5-12(15)9-16-7-11/h1-5,7,9,17H,6,8H2. The maximum atomic E-state index is 12.9. The minimum absolute atomic E-state index is 0.318. The second-order valence-electron chi connectivity index (χ2n) is 3.70. The predicted molar refractivity (Wildman–Crippen MR) is 67.5 cm³/mol. The normalized spacial score (nSPS) is 10.2. The van der Waals surface area contributed by atoms with Gasteiger partial charge in [-0.15, -0.1) is 11.6 Å². The number of anilines is 1. The molecule has 2 rings (SSSR count). The molecule has 2 aromatic rings. The lowest BCUT2D eigenvalue weighted by atomic mass is 10.2. The summed E-state index contributed by atoms with van der Waals surface area (Å²) in [4.78, 5) is 3.79. The summed E-state index contributed by atoms with van der Waals surface area (Å²) >= 11 is 5.70. The number of hydrogen-bond donors (Lipinski definition) is 1. The average Bonchev–Trinajstić information content (AvgIpc) is 2.37. The molecule has 0 unspecified atom stereocenters. The van der Waals surface area contributed by atoms with Crippen molar-refractivity contribution in [2.75, 3.05) is 5.32 Å². The average molecular weight is 251 g/mol. The fourth-order valence-electron chi connectivity index (χ4n) is 1.47. The molecule has 2 nitrogen and oxygen atoms in total. The number of alkyl halides is 1. The summed E-state index contributed by atoms with van der Waals surface area (Å²) in [6, 6.07) is 9.28. The Bertz CT molecular complexity index is 485. The highest BCUT2D eigenvalue weighted by Gasteiger charge is 1.97. The number of hydrogen-bond acceptors (Lipinski definition) is 2. The Hall–Kier alpha value is -1.61. The van der Waals surface area contributed by atoms with E-state index in [0.717, 1.165) is 16.8 Å². The summed E-state index contributed by atoms with van der Waals surface area (Å²) in [6.45, 7) is 0.547. The second-order valence-corrected chi connectivity index (χ2v) is 3.96. The molecule has 4 heteroatoms. The van der Waals surface area contributed by atoms with Gasteiger partial charge in [0.2, 0.25) is 0 Å². The van der Waals surface area contributed by atoms with Crippen LogP contribution in [0.15, 0.2) is 42.7 Å². The van der Waals surface area contributed by atoms with Gasteiger partial charge in [0.25, 0.3) is 0 Å². The van der Waals surface area contributed by atoms with Crippen LogP contribution in [0.2, 0.25) is 0 Å². The van der Waals surface area contributed by atoms with E-state index in [0.29, 0.717) is 12.4 Å². The van der Waals surface area contributed by atoms with Crippen LogP contribution >= 0.6 is 11.6 Å². The molecule has 17 heavy (non-hydrogen) atoms. The first kappa shape index (κ1) is 11.9. The van der Waals surface area contributed by atoms with Crippen molar-refractivity contribution in [1.29, 1.82) is 0 Å². The third-order valence-electron chi connectivity index (χ3n) is 2.37. The maximum absolute atomic E-state index is 12.9. The Balaban J connectivity index is 1.97. The minimum Gasteiger partial charge on any atom is -0.381 e. The van der Waals surface area contributed by atoms with E-state index in [1.165, 1.54) is 12.3 Å². The highest BCUT2D eigenvalue weighted by molar-refractivity contribution is 6.17. The third-order valence-corrected chi connectivity index (χ3v) is 2.67. The molecule has 0 aliphatic rings. The first-order valence-corrected chi connectivity index (χ1v) is 5.79. The molecular formula is C13H12ClFN2. The zero-order chi connectivity index (χ0) is 12.1. The van der Waals surface area contributed by atoms with Gasteiger partial charge in [0.1, 0.15) is 5.82 Å². The summed E-state index contributed by atoms with van der Waals surface area (Å²) in [5.74, 6) is 0.190. The fraction of sp³-hybridized carbons (Fsp3) is 0.154. The zero-order valence-electron chi connectivity index (χ0n) is 9.16. The first-order chi connectivity index (χ1) is 8.28. The van der Waals surface area contributed by atoms with Crippen molar-refractivity contribution in [3.8, 4) is 0 Å². The number of halogens is 2. The molecule has 1 heterocycles. The van der Waals surface area contributed by atoms with Gasteiger partial charge in [-0.1, -0.05) is 12.1 Å². The van der Waals surface area contributed by atoms with E-state index in [1.54, 1.807) is 6.20 Å². The van der Waals surface area contributed by atoms with E-state index < -0.39 is 0 Å². The molecule has 1 aromatic carbocycles. The van der Waals surface area contributed by atoms with Crippen molar-refractivity contribution in [2.24, 2.45) is 0 Å². The summed E-state index contributed by atoms with van der Waals surface area (Å²) in [7, 11) is 0. The third kappa shape index (κ3) is 3.43. The molecule has 0 atom stereocenters. The van der Waals surface area contributed by atoms with Crippen LogP contribution in [0.1, 0.15) is 11.1 Å². The van der Waals surface area contributed by atoms with Crippen LogP contribution in [0, 0.1) is 5.82 Å². The van der Waals surface area contributed by atoms with Gasteiger partial charge in [-0.05, 0) is 29.3 Å². The van der Waals surface area contributed by atoms with Gasteiger partial charge in [-0.3, -0.25) is 4.98 Å². The molecule has 0 saturated carbocycles. The van der Waals surface area contributed by atoms with Crippen molar-refractivity contribution in [2.45, 2.75) is 12.4 Å². The van der Waals surface area contributed by atoms with Gasteiger partial charge in [-0.2, -0.15) is 0 Å². The highest BCUT2D eigenvalue weighted by Crippen LogP contribution is 2.12. The van der Waals surface area contributed by atoms with E-state index in [9.17, 15) is 4.39 Å². The number of nitrogens with one attached hydrogen (secondary N) is 1. The van der Waals surface area contributed by atoms with Crippen LogP contribution in [0.3, 0.4) is 0 Å². The highest BCUT2D eigenvalue weighted by atomic mass is 35.5. The van der Waals surface area contributed by atoms with Crippen molar-refractivity contribution in [3.63, 3.8) is 0 Å². The molecule has 0 spiro atoms. The van der Waals surface area contributed by atoms with Crippen molar-refractivity contribution < 1.29 is 4.39 Å². The van der Waals surface area contributed by atoms with Gasteiger partial charge in [0.05, 0.1) is 6.20 Å². The van der Waals surface area contributed by atoms with Gasteiger partial charge in [0, 0.05) is 24.3 Å². The molecule has 1 N–H and O–H groups in total. The van der Waals surface area contributed by atoms with Crippen molar-refractivity contribution in [1.82, 2.24) is 4.98 Å². The number of nitrogens with zero attached hydrogens (tertiary/aromatic N) is 1. The number of rotatable bonds is 4. The number of pyridine rings is 1. The Morgan fingerprint density at radius 2 is 1.88 bits per heavy atom. The predicted octanol–water partition coefficient (Wildman–Crippen LogP) is 3.57.